The van der Waals surface area contributed by atoms with E-state index in [9.17, 15) is 23.7 Å². The zero-order chi connectivity index (χ0) is 17.7. The summed E-state index contributed by atoms with van der Waals surface area (Å²) in [7, 11) is 1.21. The van der Waals surface area contributed by atoms with Crippen molar-refractivity contribution in [1.82, 2.24) is 0 Å². The second-order valence-corrected chi connectivity index (χ2v) is 5.60. The molecule has 24 heavy (non-hydrogen) atoms. The van der Waals surface area contributed by atoms with Gasteiger partial charge in [-0.05, 0) is 29.8 Å². The smallest absolute Gasteiger partial charge is 0.330 e. The molecule has 0 N–H and O–H groups in total. The minimum Gasteiger partial charge on any atom is -0.466 e. The van der Waals surface area contributed by atoms with Gasteiger partial charge in [-0.15, -0.1) is 0 Å². The monoisotopic (exact) mass is 351 g/mol. The fourth-order valence-corrected chi connectivity index (χ4v) is 2.68. The SMILES string of the molecule is COC(=O)/C=C/c1ccc(Sc2ccc(F)cc2F)c([N+](=O)[O-])c1. The van der Waals surface area contributed by atoms with Gasteiger partial charge in [-0.1, -0.05) is 17.8 Å². The number of benzene rings is 2. The van der Waals surface area contributed by atoms with Gasteiger partial charge in [-0.25, -0.2) is 13.6 Å². The van der Waals surface area contributed by atoms with Gasteiger partial charge in [-0.3, -0.25) is 10.1 Å². The number of nitro benzene ring substituents is 1. The normalized spacial score (nSPS) is 10.8. The standard InChI is InChI=1S/C16H11F2NO4S/c1-23-16(20)7-3-10-2-5-15(13(8-10)19(21)22)24-14-6-4-11(17)9-12(14)18/h2-9H,1H3/b7-3+. The van der Waals surface area contributed by atoms with Crippen LogP contribution in [0, 0.1) is 21.7 Å². The predicted octanol–water partition coefficient (Wildman–Crippen LogP) is 4.21. The van der Waals surface area contributed by atoms with Crippen molar-refractivity contribution in [3.05, 3.63) is 69.8 Å². The van der Waals surface area contributed by atoms with Crippen molar-refractivity contribution in [3.63, 3.8) is 0 Å². The summed E-state index contributed by atoms with van der Waals surface area (Å²) in [4.78, 5) is 21.9. The minimum atomic E-state index is -0.802. The first-order valence-electron chi connectivity index (χ1n) is 6.58. The van der Waals surface area contributed by atoms with Crippen LogP contribution in [0.4, 0.5) is 14.5 Å². The van der Waals surface area contributed by atoms with E-state index < -0.39 is 22.5 Å². The predicted molar refractivity (Wildman–Crippen MR) is 84.6 cm³/mol. The molecule has 5 nitrogen and oxygen atoms in total. The number of methoxy groups -OCH3 is 1. The summed E-state index contributed by atoms with van der Waals surface area (Å²) < 4.78 is 31.1. The van der Waals surface area contributed by atoms with E-state index in [-0.39, 0.29) is 15.5 Å². The number of nitro groups is 1. The lowest BCUT2D eigenvalue weighted by Gasteiger charge is -2.05. The van der Waals surface area contributed by atoms with Gasteiger partial charge in [0.2, 0.25) is 0 Å². The Morgan fingerprint density at radius 2 is 1.92 bits per heavy atom. The fraction of sp³-hybridized carbons (Fsp3) is 0.0625. The molecule has 2 aromatic carbocycles. The Morgan fingerprint density at radius 3 is 2.54 bits per heavy atom. The van der Waals surface area contributed by atoms with Crippen LogP contribution < -0.4 is 0 Å². The summed E-state index contributed by atoms with van der Waals surface area (Å²) in [5.41, 5.74) is 0.159. The van der Waals surface area contributed by atoms with E-state index in [0.29, 0.717) is 11.6 Å². The highest BCUT2D eigenvalue weighted by Crippen LogP contribution is 2.36. The number of carbonyl (C=O) groups excluding carboxylic acids is 1. The third-order valence-electron chi connectivity index (χ3n) is 2.91. The number of rotatable bonds is 5. The third-order valence-corrected chi connectivity index (χ3v) is 4.02. The maximum Gasteiger partial charge on any atom is 0.330 e. The highest BCUT2D eigenvalue weighted by atomic mass is 32.2. The summed E-state index contributed by atoms with van der Waals surface area (Å²) in [6.45, 7) is 0. The first-order chi connectivity index (χ1) is 11.4. The first-order valence-corrected chi connectivity index (χ1v) is 7.39. The van der Waals surface area contributed by atoms with Gasteiger partial charge in [0.05, 0.1) is 16.9 Å². The van der Waals surface area contributed by atoms with E-state index in [2.05, 4.69) is 4.74 Å². The van der Waals surface area contributed by atoms with E-state index in [4.69, 9.17) is 0 Å². The number of carbonyl (C=O) groups is 1. The highest BCUT2D eigenvalue weighted by Gasteiger charge is 2.17. The van der Waals surface area contributed by atoms with Gasteiger partial charge in [-0.2, -0.15) is 0 Å². The van der Waals surface area contributed by atoms with Crippen LogP contribution in [0.1, 0.15) is 5.56 Å². The highest BCUT2D eigenvalue weighted by molar-refractivity contribution is 7.99. The van der Waals surface area contributed by atoms with Crippen molar-refractivity contribution in [3.8, 4) is 0 Å². The van der Waals surface area contributed by atoms with E-state index >= 15 is 0 Å². The Hall–Kier alpha value is -2.74. The molecule has 0 unspecified atom stereocenters. The van der Waals surface area contributed by atoms with Crippen molar-refractivity contribution in [2.24, 2.45) is 0 Å². The zero-order valence-electron chi connectivity index (χ0n) is 12.4. The van der Waals surface area contributed by atoms with Gasteiger partial charge < -0.3 is 4.74 Å². The van der Waals surface area contributed by atoms with E-state index in [0.717, 1.165) is 23.9 Å². The topological polar surface area (TPSA) is 69.4 Å². The number of ether oxygens (including phenoxy) is 1. The van der Waals surface area contributed by atoms with E-state index in [1.165, 1.54) is 37.5 Å². The minimum absolute atomic E-state index is 0.0670. The summed E-state index contributed by atoms with van der Waals surface area (Å²) in [5.74, 6) is -2.12. The van der Waals surface area contributed by atoms with Crippen molar-refractivity contribution in [2.45, 2.75) is 9.79 Å². The molecule has 0 fully saturated rings. The number of hydrogen-bond acceptors (Lipinski definition) is 5. The Kier molecular flexibility index (Phi) is 5.64. The Bertz CT molecular complexity index is 824. The number of halogens is 2. The fourth-order valence-electron chi connectivity index (χ4n) is 1.78. The lowest BCUT2D eigenvalue weighted by Crippen LogP contribution is -1.94. The number of nitrogens with zero attached hydrogens (tertiary/aromatic N) is 1. The maximum atomic E-state index is 13.7. The molecule has 8 heteroatoms. The summed E-state index contributed by atoms with van der Waals surface area (Å²) in [6.07, 6.45) is 2.50. The lowest BCUT2D eigenvalue weighted by atomic mass is 10.2. The Morgan fingerprint density at radius 1 is 1.21 bits per heavy atom. The van der Waals surface area contributed by atoms with Gasteiger partial charge in [0, 0.05) is 23.1 Å². The molecule has 0 spiro atoms. The molecule has 2 rings (SSSR count). The van der Waals surface area contributed by atoms with E-state index in [1.54, 1.807) is 0 Å². The molecule has 0 aliphatic rings. The molecule has 0 radical (unpaired) electrons. The number of hydrogen-bond donors (Lipinski definition) is 0. The van der Waals surface area contributed by atoms with Crippen LogP contribution >= 0.6 is 11.8 Å². The summed E-state index contributed by atoms with van der Waals surface area (Å²) in [5, 5.41) is 11.2. The molecule has 2 aromatic rings. The largest absolute Gasteiger partial charge is 0.466 e. The van der Waals surface area contributed by atoms with Crippen molar-refractivity contribution < 1.29 is 23.2 Å². The zero-order valence-corrected chi connectivity index (χ0v) is 13.2. The molecule has 0 aromatic heterocycles. The average Bonchev–Trinajstić information content (AvgIpc) is 2.55. The lowest BCUT2D eigenvalue weighted by molar-refractivity contribution is -0.387. The van der Waals surface area contributed by atoms with Crippen LogP contribution in [0.3, 0.4) is 0 Å². The molecule has 0 aliphatic heterocycles. The molecule has 0 heterocycles. The molecule has 0 saturated heterocycles. The average molecular weight is 351 g/mol. The second kappa shape index (κ2) is 7.69. The van der Waals surface area contributed by atoms with E-state index in [1.807, 2.05) is 0 Å². The molecule has 0 aliphatic carbocycles. The molecule has 124 valence electrons. The van der Waals surface area contributed by atoms with Crippen LogP contribution in [0.2, 0.25) is 0 Å². The van der Waals surface area contributed by atoms with Gasteiger partial charge in [0.15, 0.2) is 0 Å². The van der Waals surface area contributed by atoms with Crippen LogP contribution in [0.5, 0.6) is 0 Å². The van der Waals surface area contributed by atoms with Crippen LogP contribution in [0.15, 0.2) is 52.3 Å². The van der Waals surface area contributed by atoms with Crippen LogP contribution in [-0.2, 0) is 9.53 Å². The molecule has 0 amide bonds. The second-order valence-electron chi connectivity index (χ2n) is 4.52. The Balaban J connectivity index is 2.34. The van der Waals surface area contributed by atoms with Gasteiger partial charge >= 0.3 is 5.97 Å². The van der Waals surface area contributed by atoms with Crippen molar-refractivity contribution in [2.75, 3.05) is 7.11 Å². The first kappa shape index (κ1) is 17.6. The maximum absolute atomic E-state index is 13.7. The van der Waals surface area contributed by atoms with Crippen molar-refractivity contribution >= 4 is 29.5 Å². The van der Waals surface area contributed by atoms with Gasteiger partial charge in [0.1, 0.15) is 11.6 Å². The molecule has 0 saturated carbocycles. The molecular formula is C16H11F2NO4S. The molecule has 0 bridgehead atoms. The summed E-state index contributed by atoms with van der Waals surface area (Å²) in [6, 6.07) is 7.22. The molecule has 0 atom stereocenters. The number of esters is 1. The van der Waals surface area contributed by atoms with Crippen LogP contribution in [-0.4, -0.2) is 18.0 Å². The third kappa shape index (κ3) is 4.39. The summed E-state index contributed by atoms with van der Waals surface area (Å²) >= 11 is 0.816. The van der Waals surface area contributed by atoms with Crippen LogP contribution in [0.25, 0.3) is 6.08 Å². The quantitative estimate of drug-likeness (QED) is 0.349. The van der Waals surface area contributed by atoms with Crippen molar-refractivity contribution in [1.29, 1.82) is 0 Å². The Labute approximate surface area is 140 Å². The molecular weight excluding hydrogens is 340 g/mol. The van der Waals surface area contributed by atoms with Gasteiger partial charge in [0.25, 0.3) is 5.69 Å².